The highest BCUT2D eigenvalue weighted by molar-refractivity contribution is 6.30. The average molecular weight is 620 g/mol. The van der Waals surface area contributed by atoms with E-state index in [9.17, 15) is 14.4 Å². The summed E-state index contributed by atoms with van der Waals surface area (Å²) in [6.45, 7) is 13.5. The highest BCUT2D eigenvalue weighted by atomic mass is 35.5. The summed E-state index contributed by atoms with van der Waals surface area (Å²) in [5, 5.41) is 0.560. The van der Waals surface area contributed by atoms with Crippen LogP contribution in [0.2, 0.25) is 5.02 Å². The molecule has 0 aromatic heterocycles. The molecule has 1 aliphatic rings. The van der Waals surface area contributed by atoms with Gasteiger partial charge in [-0.1, -0.05) is 41.9 Å². The van der Waals surface area contributed by atoms with Gasteiger partial charge in [-0.15, -0.1) is 0 Å². The van der Waals surface area contributed by atoms with E-state index >= 15 is 0 Å². The largest absolute Gasteiger partial charge is 0.476 e. The molecule has 0 bridgehead atoms. The van der Waals surface area contributed by atoms with Crippen molar-refractivity contribution in [1.82, 2.24) is 4.90 Å². The Labute approximate surface area is 265 Å². The fourth-order valence-corrected chi connectivity index (χ4v) is 5.61. The predicted molar refractivity (Wildman–Crippen MR) is 172 cm³/mol. The Morgan fingerprint density at radius 2 is 1.50 bits per heavy atom. The van der Waals surface area contributed by atoms with Crippen LogP contribution in [0.15, 0.2) is 66.7 Å². The molecule has 0 unspecified atom stereocenters. The smallest absolute Gasteiger partial charge is 0.415 e. The highest BCUT2D eigenvalue weighted by Gasteiger charge is 2.40. The van der Waals surface area contributed by atoms with Crippen LogP contribution in [-0.4, -0.2) is 47.0 Å². The van der Waals surface area contributed by atoms with Crippen molar-refractivity contribution in [3.63, 3.8) is 0 Å². The van der Waals surface area contributed by atoms with E-state index in [0.29, 0.717) is 41.5 Å². The average Bonchev–Trinajstić information content (AvgIpc) is 3.38. The maximum absolute atomic E-state index is 13.7. The lowest BCUT2D eigenvalue weighted by Crippen LogP contribution is -2.43. The third-order valence-corrected chi connectivity index (χ3v) is 7.94. The molecule has 1 fully saturated rings. The number of amides is 1. The van der Waals surface area contributed by atoms with Gasteiger partial charge in [-0.2, -0.15) is 0 Å². The molecule has 7 nitrogen and oxygen atoms in total. The van der Waals surface area contributed by atoms with E-state index in [2.05, 4.69) is 12.1 Å². The first-order valence-electron chi connectivity index (χ1n) is 15.0. The topological polar surface area (TPSA) is 82.1 Å². The summed E-state index contributed by atoms with van der Waals surface area (Å²) in [4.78, 5) is 41.1. The van der Waals surface area contributed by atoms with Gasteiger partial charge in [-0.3, -0.25) is 4.79 Å². The van der Waals surface area contributed by atoms with Crippen LogP contribution in [0.1, 0.15) is 68.1 Å². The van der Waals surface area contributed by atoms with E-state index < -0.39 is 23.3 Å². The molecule has 1 amide bonds. The fraction of sp³-hybridized carbons (Fsp3) is 0.417. The minimum Gasteiger partial charge on any atom is -0.476 e. The van der Waals surface area contributed by atoms with Gasteiger partial charge >= 0.3 is 12.1 Å². The minimum absolute atomic E-state index is 0.0119. The van der Waals surface area contributed by atoms with Gasteiger partial charge in [0.2, 0.25) is 0 Å². The molecule has 0 radical (unpaired) electrons. The monoisotopic (exact) mass is 619 g/mol. The van der Waals surface area contributed by atoms with Gasteiger partial charge in [0.05, 0.1) is 0 Å². The maximum Gasteiger partial charge on any atom is 0.415 e. The molecule has 4 rings (SSSR count). The van der Waals surface area contributed by atoms with Gasteiger partial charge in [-0.05, 0) is 120 Å². The number of ketones is 1. The first kappa shape index (κ1) is 33.1. The Hall–Kier alpha value is -3.84. The molecular formula is C36H42ClNO6. The molecule has 44 heavy (non-hydrogen) atoms. The highest BCUT2D eigenvalue weighted by Crippen LogP contribution is 2.34. The van der Waals surface area contributed by atoms with Crippen molar-refractivity contribution in [2.75, 3.05) is 13.1 Å². The van der Waals surface area contributed by atoms with Crippen LogP contribution in [0.25, 0.3) is 0 Å². The summed E-state index contributed by atoms with van der Waals surface area (Å²) < 4.78 is 17.4. The number of hydrogen-bond acceptors (Lipinski definition) is 6. The van der Waals surface area contributed by atoms with Crippen molar-refractivity contribution in [3.8, 4) is 11.5 Å². The first-order valence-corrected chi connectivity index (χ1v) is 15.3. The Morgan fingerprint density at radius 3 is 2.09 bits per heavy atom. The number of ether oxygens (including phenoxy) is 3. The first-order chi connectivity index (χ1) is 20.6. The third kappa shape index (κ3) is 8.41. The van der Waals surface area contributed by atoms with Gasteiger partial charge in [0, 0.05) is 29.6 Å². The van der Waals surface area contributed by atoms with Gasteiger partial charge < -0.3 is 19.1 Å². The minimum atomic E-state index is -1.17. The van der Waals surface area contributed by atoms with Crippen LogP contribution < -0.4 is 9.47 Å². The number of benzene rings is 3. The van der Waals surface area contributed by atoms with E-state index in [1.807, 2.05) is 40.7 Å². The second kappa shape index (κ2) is 13.4. The van der Waals surface area contributed by atoms with Crippen molar-refractivity contribution >= 4 is 29.4 Å². The summed E-state index contributed by atoms with van der Waals surface area (Å²) >= 11 is 6.06. The van der Waals surface area contributed by atoms with Gasteiger partial charge in [-0.25, -0.2) is 9.59 Å². The van der Waals surface area contributed by atoms with Crippen molar-refractivity contribution in [1.29, 1.82) is 0 Å². The number of aryl methyl sites for hydroxylation is 3. The molecule has 1 saturated heterocycles. The van der Waals surface area contributed by atoms with Crippen molar-refractivity contribution in [2.45, 2.75) is 72.5 Å². The molecule has 0 N–H and O–H groups in total. The SMILES string of the molecule is Cc1cc(CC[C@H]2CN(C(=O)Oc3ccccc3)C[C@@H]2C(=O)c2ccc(Cl)cc2)cc(C)c1OC(C)(C)C(=O)OC(C)(C)C. The standard InChI is InChI=1S/C36H42ClNO6/c1-23-19-25(20-24(2)32(23)43-36(6,7)33(40)44-35(3,4)5)13-14-27-21-38(34(41)42-29-11-9-8-10-12-29)22-30(27)31(39)26-15-17-28(37)18-16-26/h8-12,15-20,27,30H,13-14,21-22H2,1-7H3/t27-,30-/m0/s1. The lowest BCUT2D eigenvalue weighted by atomic mass is 9.84. The summed E-state index contributed by atoms with van der Waals surface area (Å²) in [7, 11) is 0. The molecule has 0 spiro atoms. The van der Waals surface area contributed by atoms with Gasteiger partial charge in [0.1, 0.15) is 17.1 Å². The van der Waals surface area contributed by atoms with Crippen LogP contribution >= 0.6 is 11.6 Å². The number of halogens is 1. The summed E-state index contributed by atoms with van der Waals surface area (Å²) in [6, 6.07) is 19.9. The fourth-order valence-electron chi connectivity index (χ4n) is 5.49. The summed E-state index contributed by atoms with van der Waals surface area (Å²) in [5.41, 5.74) is 1.69. The maximum atomic E-state index is 13.7. The summed E-state index contributed by atoms with van der Waals surface area (Å²) in [6.07, 6.45) is 0.934. The Balaban J connectivity index is 1.50. The van der Waals surface area contributed by atoms with E-state index in [0.717, 1.165) is 16.7 Å². The molecule has 0 aliphatic carbocycles. The van der Waals surface area contributed by atoms with E-state index in [-0.39, 0.29) is 24.2 Å². The van der Waals surface area contributed by atoms with Crippen LogP contribution in [0.3, 0.4) is 0 Å². The number of hydrogen-bond donors (Lipinski definition) is 0. The Bertz CT molecular complexity index is 1470. The van der Waals surface area contributed by atoms with Crippen LogP contribution in [-0.2, 0) is 16.0 Å². The quantitative estimate of drug-likeness (QED) is 0.178. The number of esters is 1. The van der Waals surface area contributed by atoms with Crippen molar-refractivity contribution in [2.24, 2.45) is 11.8 Å². The lowest BCUT2D eigenvalue weighted by Gasteiger charge is -2.30. The zero-order valence-electron chi connectivity index (χ0n) is 26.6. The van der Waals surface area contributed by atoms with Crippen LogP contribution in [0.4, 0.5) is 4.79 Å². The second-order valence-electron chi connectivity index (χ2n) is 13.0. The van der Waals surface area contributed by atoms with Gasteiger partial charge in [0.15, 0.2) is 11.4 Å². The molecule has 1 heterocycles. The number of nitrogens with zero attached hydrogens (tertiary/aromatic N) is 1. The van der Waals surface area contributed by atoms with Crippen molar-refractivity contribution < 1.29 is 28.6 Å². The molecule has 0 saturated carbocycles. The molecule has 8 heteroatoms. The number of Topliss-reactive ketones (excluding diaryl/α,β-unsaturated/α-hetero) is 1. The van der Waals surface area contributed by atoms with E-state index in [1.54, 1.807) is 67.3 Å². The molecule has 3 aromatic rings. The zero-order valence-corrected chi connectivity index (χ0v) is 27.4. The molecule has 234 valence electrons. The predicted octanol–water partition coefficient (Wildman–Crippen LogP) is 8.02. The number of likely N-dealkylation sites (tertiary alicyclic amines) is 1. The van der Waals surface area contributed by atoms with Crippen LogP contribution in [0, 0.1) is 25.7 Å². The summed E-state index contributed by atoms with van der Waals surface area (Å²) in [5.74, 6) is 0.229. The number of para-hydroxylation sites is 1. The van der Waals surface area contributed by atoms with E-state index in [1.165, 1.54) is 0 Å². The van der Waals surface area contributed by atoms with Crippen LogP contribution in [0.5, 0.6) is 11.5 Å². The number of rotatable bonds is 9. The number of carbonyl (C=O) groups excluding carboxylic acids is 3. The Morgan fingerprint density at radius 1 is 0.886 bits per heavy atom. The van der Waals surface area contributed by atoms with Gasteiger partial charge in [0.25, 0.3) is 0 Å². The second-order valence-corrected chi connectivity index (χ2v) is 13.5. The third-order valence-electron chi connectivity index (χ3n) is 7.68. The van der Waals surface area contributed by atoms with Crippen molar-refractivity contribution in [3.05, 3.63) is 94.0 Å². The molecule has 2 atom stereocenters. The zero-order chi connectivity index (χ0) is 32.2. The van der Waals surface area contributed by atoms with E-state index in [4.69, 9.17) is 25.8 Å². The number of carbonyl (C=O) groups is 3. The normalized spacial score (nSPS) is 16.9. The molecular weight excluding hydrogens is 578 g/mol. The lowest BCUT2D eigenvalue weighted by molar-refractivity contribution is -0.171. The molecule has 3 aromatic carbocycles. The molecule has 1 aliphatic heterocycles. The Kier molecular flexibility index (Phi) is 10.1.